The number of aromatic nitrogens is 1. The van der Waals surface area contributed by atoms with Gasteiger partial charge in [-0.05, 0) is 40.3 Å². The lowest BCUT2D eigenvalue weighted by molar-refractivity contribution is -0.509. The van der Waals surface area contributed by atoms with E-state index in [-0.39, 0.29) is 0 Å². The molecule has 0 N–H and O–H groups in total. The number of benzene rings is 4. The van der Waals surface area contributed by atoms with Crippen molar-refractivity contribution in [2.24, 2.45) is 0 Å². The van der Waals surface area contributed by atoms with E-state index >= 15 is 0 Å². The summed E-state index contributed by atoms with van der Waals surface area (Å²) >= 11 is 0. The molecule has 0 bridgehead atoms. The normalized spacial score (nSPS) is 11.2. The lowest BCUT2D eigenvalue weighted by Crippen LogP contribution is -2.20. The molecule has 5 nitrogen and oxygen atoms in total. The molecule has 0 saturated carbocycles. The van der Waals surface area contributed by atoms with Crippen molar-refractivity contribution < 1.29 is 23.3 Å². The molecule has 38 heavy (non-hydrogen) atoms. The smallest absolute Gasteiger partial charge is 0.219 e. The number of methoxy groups -OCH3 is 4. The van der Waals surface area contributed by atoms with Gasteiger partial charge in [0.2, 0.25) is 5.52 Å². The third kappa shape index (κ3) is 3.84. The maximum absolute atomic E-state index is 5.94. The van der Waals surface area contributed by atoms with Crippen molar-refractivity contribution in [3.63, 3.8) is 0 Å². The predicted octanol–water partition coefficient (Wildman–Crippen LogP) is 7.10. The molecule has 2 heterocycles. The Morgan fingerprint density at radius 2 is 1.16 bits per heavy atom. The van der Waals surface area contributed by atoms with E-state index < -0.39 is 0 Å². The maximum atomic E-state index is 5.94. The van der Waals surface area contributed by atoms with Crippen LogP contribution in [0.5, 0.6) is 23.0 Å². The molecule has 188 valence electrons. The predicted molar refractivity (Wildman–Crippen MR) is 152 cm³/mol. The number of nitrogens with zero attached hydrogens (tertiary/aromatic N) is 1. The van der Waals surface area contributed by atoms with Crippen molar-refractivity contribution in [2.45, 2.75) is 0 Å². The molecule has 0 saturated heterocycles. The second-order valence-corrected chi connectivity index (χ2v) is 9.11. The summed E-state index contributed by atoms with van der Waals surface area (Å²) in [7, 11) is 6.68. The maximum Gasteiger partial charge on any atom is 0.219 e. The molecule has 2 aromatic heterocycles. The highest BCUT2D eigenvalue weighted by Gasteiger charge is 2.21. The van der Waals surface area contributed by atoms with Crippen LogP contribution in [0.15, 0.2) is 97.3 Å². The minimum atomic E-state index is 0.689. The fourth-order valence-corrected chi connectivity index (χ4v) is 5.22. The molecule has 6 aromatic rings. The van der Waals surface area contributed by atoms with Gasteiger partial charge in [-0.2, -0.15) is 4.40 Å². The van der Waals surface area contributed by atoms with E-state index in [4.69, 9.17) is 18.9 Å². The number of pyridine rings is 2. The molecule has 4 aromatic carbocycles. The van der Waals surface area contributed by atoms with E-state index in [1.807, 2.05) is 24.3 Å². The number of rotatable bonds is 6. The Balaban J connectivity index is 1.64. The highest BCUT2D eigenvalue weighted by Crippen LogP contribution is 2.44. The Morgan fingerprint density at radius 1 is 0.526 bits per heavy atom. The minimum absolute atomic E-state index is 0.689. The summed E-state index contributed by atoms with van der Waals surface area (Å²) in [5.41, 5.74) is 5.43. The molecular weight excluding hydrogens is 474 g/mol. The van der Waals surface area contributed by atoms with Crippen molar-refractivity contribution in [3.05, 3.63) is 97.3 Å². The first-order valence-corrected chi connectivity index (χ1v) is 12.4. The molecule has 0 amide bonds. The van der Waals surface area contributed by atoms with Gasteiger partial charge in [0, 0.05) is 23.1 Å². The van der Waals surface area contributed by atoms with E-state index in [0.29, 0.717) is 23.0 Å². The van der Waals surface area contributed by atoms with Gasteiger partial charge in [-0.3, -0.25) is 0 Å². The molecule has 0 atom stereocenters. The minimum Gasteiger partial charge on any atom is -0.493 e. The molecule has 0 aliphatic rings. The Morgan fingerprint density at radius 3 is 1.84 bits per heavy atom. The first-order chi connectivity index (χ1) is 18.6. The van der Waals surface area contributed by atoms with Crippen molar-refractivity contribution in [1.29, 1.82) is 0 Å². The molecule has 6 rings (SSSR count). The number of fused-ring (bicyclic) bond motifs is 4. The van der Waals surface area contributed by atoms with Gasteiger partial charge in [-0.15, -0.1) is 0 Å². The van der Waals surface area contributed by atoms with E-state index in [9.17, 15) is 0 Å². The summed E-state index contributed by atoms with van der Waals surface area (Å²) < 4.78 is 25.0. The average Bonchev–Trinajstić information content (AvgIpc) is 2.98. The topological polar surface area (TPSA) is 41.0 Å². The lowest BCUT2D eigenvalue weighted by atomic mass is 9.94. The Kier molecular flexibility index (Phi) is 5.97. The molecule has 0 fully saturated rings. The zero-order chi connectivity index (χ0) is 26.2. The van der Waals surface area contributed by atoms with E-state index in [1.54, 1.807) is 28.4 Å². The third-order valence-corrected chi connectivity index (χ3v) is 7.11. The van der Waals surface area contributed by atoms with Crippen LogP contribution >= 0.6 is 0 Å². The molecule has 5 heteroatoms. The fraction of sp³-hybridized carbons (Fsp3) is 0.121. The van der Waals surface area contributed by atoms with Gasteiger partial charge in [-0.25, -0.2) is 0 Å². The molecule has 0 unspecified atom stereocenters. The van der Waals surface area contributed by atoms with Crippen LogP contribution in [0, 0.1) is 0 Å². The zero-order valence-electron chi connectivity index (χ0n) is 21.8. The fourth-order valence-electron chi connectivity index (χ4n) is 5.22. The zero-order valence-corrected chi connectivity index (χ0v) is 21.8. The largest absolute Gasteiger partial charge is 0.493 e. The van der Waals surface area contributed by atoms with Crippen LogP contribution in [0.4, 0.5) is 0 Å². The Labute approximate surface area is 221 Å². The van der Waals surface area contributed by atoms with Crippen molar-refractivity contribution in [2.75, 3.05) is 28.4 Å². The van der Waals surface area contributed by atoms with Gasteiger partial charge in [0.15, 0.2) is 35.4 Å². The van der Waals surface area contributed by atoms with Crippen LogP contribution in [-0.2, 0) is 0 Å². The van der Waals surface area contributed by atoms with Crippen LogP contribution in [0.2, 0.25) is 0 Å². The van der Waals surface area contributed by atoms with Gasteiger partial charge in [-0.1, -0.05) is 54.6 Å². The summed E-state index contributed by atoms with van der Waals surface area (Å²) in [5.74, 6) is 2.79. The summed E-state index contributed by atoms with van der Waals surface area (Å²) in [6.45, 7) is 0. The quantitative estimate of drug-likeness (QED) is 0.138. The lowest BCUT2D eigenvalue weighted by Gasteiger charge is -2.16. The van der Waals surface area contributed by atoms with Gasteiger partial charge < -0.3 is 18.9 Å². The van der Waals surface area contributed by atoms with Gasteiger partial charge in [0.05, 0.1) is 39.2 Å². The standard InChI is InChI=1S/C33H28NO4/c1-35-29-16-24-14-15-34-20-25-17-31(37-3)33(38-4)32(27(25)18-28(34)26(24)19-30(29)36-2)23-12-10-22(11-13-23)21-8-6-5-7-9-21/h5-20H,1-4H3/q+1. The monoisotopic (exact) mass is 502 g/mol. The van der Waals surface area contributed by atoms with Crippen LogP contribution in [0.1, 0.15) is 0 Å². The highest BCUT2D eigenvalue weighted by molar-refractivity contribution is 6.05. The molecule has 0 aliphatic carbocycles. The first-order valence-electron chi connectivity index (χ1n) is 12.4. The van der Waals surface area contributed by atoms with Crippen molar-refractivity contribution in [3.8, 4) is 45.3 Å². The Bertz CT molecular complexity index is 1790. The van der Waals surface area contributed by atoms with Gasteiger partial charge in [0.25, 0.3) is 0 Å². The summed E-state index contributed by atoms with van der Waals surface area (Å²) in [6, 6.07) is 29.3. The highest BCUT2D eigenvalue weighted by atomic mass is 16.5. The van der Waals surface area contributed by atoms with Gasteiger partial charge >= 0.3 is 0 Å². The Hall–Kier alpha value is -4.77. The SMILES string of the molecule is COc1cc2cc[n+]3cc4cc(OC)c(OC)c(-c5ccc(-c6ccccc6)cc5)c4cc3c2cc1OC. The first kappa shape index (κ1) is 23.6. The van der Waals surface area contributed by atoms with Crippen LogP contribution in [0.25, 0.3) is 49.3 Å². The molecule has 0 spiro atoms. The summed E-state index contributed by atoms with van der Waals surface area (Å²) in [5, 5.41) is 4.24. The molecule has 0 aliphatic heterocycles. The van der Waals surface area contributed by atoms with E-state index in [1.165, 1.54) is 5.56 Å². The molecular formula is C33H28NO4+. The van der Waals surface area contributed by atoms with Crippen LogP contribution in [-0.4, -0.2) is 28.4 Å². The second kappa shape index (κ2) is 9.60. The van der Waals surface area contributed by atoms with Crippen LogP contribution < -0.4 is 23.3 Å². The number of ether oxygens (including phenoxy) is 4. The third-order valence-electron chi connectivity index (χ3n) is 7.11. The second-order valence-electron chi connectivity index (χ2n) is 9.11. The van der Waals surface area contributed by atoms with Gasteiger partial charge in [0.1, 0.15) is 0 Å². The number of hydrogen-bond acceptors (Lipinski definition) is 4. The average molecular weight is 503 g/mol. The molecule has 0 radical (unpaired) electrons. The van der Waals surface area contributed by atoms with E-state index in [0.717, 1.165) is 43.8 Å². The summed E-state index contributed by atoms with van der Waals surface area (Å²) in [4.78, 5) is 0. The van der Waals surface area contributed by atoms with Crippen molar-refractivity contribution >= 4 is 27.1 Å². The van der Waals surface area contributed by atoms with E-state index in [2.05, 4.69) is 77.5 Å². The van der Waals surface area contributed by atoms with Crippen molar-refractivity contribution in [1.82, 2.24) is 0 Å². The summed E-state index contributed by atoms with van der Waals surface area (Å²) in [6.07, 6.45) is 4.19. The van der Waals surface area contributed by atoms with Crippen LogP contribution in [0.3, 0.4) is 0 Å². The number of hydrogen-bond donors (Lipinski definition) is 0.